The molecule has 0 aliphatic carbocycles. The first-order valence-corrected chi connectivity index (χ1v) is 8.16. The van der Waals surface area contributed by atoms with Crippen molar-refractivity contribution in [3.8, 4) is 11.8 Å². The van der Waals surface area contributed by atoms with Gasteiger partial charge in [-0.2, -0.15) is 5.26 Å². The smallest absolute Gasteiger partial charge is 0.220 e. The highest BCUT2D eigenvalue weighted by molar-refractivity contribution is 5.92. The lowest BCUT2D eigenvalue weighted by Gasteiger charge is -2.09. The molecular formula is C21H14N4. The molecule has 0 aliphatic heterocycles. The number of hydrogen-bond acceptors (Lipinski definition) is 2. The van der Waals surface area contributed by atoms with Crippen molar-refractivity contribution in [1.29, 1.82) is 5.26 Å². The summed E-state index contributed by atoms with van der Waals surface area (Å²) < 4.78 is 4.25. The number of benzene rings is 3. The topological polar surface area (TPSA) is 46.0 Å². The van der Waals surface area contributed by atoms with Crippen molar-refractivity contribution in [3.63, 3.8) is 0 Å². The van der Waals surface area contributed by atoms with Crippen molar-refractivity contribution in [2.75, 3.05) is 0 Å². The van der Waals surface area contributed by atoms with Crippen molar-refractivity contribution in [3.05, 3.63) is 77.9 Å². The summed E-state index contributed by atoms with van der Waals surface area (Å²) in [5.41, 5.74) is 6.64. The SMILES string of the molecule is Cc1cccc(-n2c3ccccc3n3c4ccccc4nc23)c1C#N. The summed E-state index contributed by atoms with van der Waals surface area (Å²) >= 11 is 0. The van der Waals surface area contributed by atoms with Gasteiger partial charge >= 0.3 is 0 Å². The Morgan fingerprint density at radius 3 is 2.36 bits per heavy atom. The number of nitriles is 1. The van der Waals surface area contributed by atoms with E-state index >= 15 is 0 Å². The summed E-state index contributed by atoms with van der Waals surface area (Å²) in [5, 5.41) is 9.69. The third-order valence-electron chi connectivity index (χ3n) is 4.71. The molecule has 0 saturated carbocycles. The Labute approximate surface area is 144 Å². The highest BCUT2D eigenvalue weighted by Gasteiger charge is 2.18. The van der Waals surface area contributed by atoms with Crippen LogP contribution in [0.4, 0.5) is 0 Å². The summed E-state index contributed by atoms with van der Waals surface area (Å²) in [5.74, 6) is 0.824. The Morgan fingerprint density at radius 2 is 1.56 bits per heavy atom. The Balaban J connectivity index is 2.05. The molecule has 0 fully saturated rings. The van der Waals surface area contributed by atoms with E-state index in [1.54, 1.807) is 0 Å². The maximum Gasteiger partial charge on any atom is 0.220 e. The highest BCUT2D eigenvalue weighted by Crippen LogP contribution is 2.30. The molecule has 0 atom stereocenters. The third-order valence-corrected chi connectivity index (χ3v) is 4.71. The van der Waals surface area contributed by atoms with E-state index in [0.29, 0.717) is 5.56 Å². The van der Waals surface area contributed by atoms with Gasteiger partial charge in [-0.05, 0) is 42.8 Å². The molecule has 118 valence electrons. The number of nitrogens with zero attached hydrogens (tertiary/aromatic N) is 4. The predicted octanol–water partition coefficient (Wildman–Crippen LogP) is 4.61. The summed E-state index contributed by atoms with van der Waals surface area (Å²) in [4.78, 5) is 4.85. The first-order chi connectivity index (χ1) is 12.3. The molecular weight excluding hydrogens is 308 g/mol. The minimum atomic E-state index is 0.679. The van der Waals surface area contributed by atoms with E-state index in [-0.39, 0.29) is 0 Å². The molecule has 3 aromatic carbocycles. The maximum absolute atomic E-state index is 9.69. The maximum atomic E-state index is 9.69. The zero-order chi connectivity index (χ0) is 17.0. The number of aryl methyl sites for hydroxylation is 1. The van der Waals surface area contributed by atoms with E-state index < -0.39 is 0 Å². The largest absolute Gasteiger partial charge is 0.277 e. The lowest BCUT2D eigenvalue weighted by atomic mass is 10.1. The minimum Gasteiger partial charge on any atom is -0.277 e. The van der Waals surface area contributed by atoms with E-state index in [0.717, 1.165) is 39.1 Å². The monoisotopic (exact) mass is 322 g/mol. The fourth-order valence-electron chi connectivity index (χ4n) is 3.57. The fraction of sp³-hybridized carbons (Fsp3) is 0.0476. The van der Waals surface area contributed by atoms with Crippen molar-refractivity contribution in [1.82, 2.24) is 14.0 Å². The van der Waals surface area contributed by atoms with Crippen molar-refractivity contribution < 1.29 is 0 Å². The molecule has 0 unspecified atom stereocenters. The lowest BCUT2D eigenvalue weighted by Crippen LogP contribution is -2.00. The van der Waals surface area contributed by atoms with Gasteiger partial charge in [-0.25, -0.2) is 4.98 Å². The summed E-state index contributed by atoms with van der Waals surface area (Å²) in [6.45, 7) is 1.97. The van der Waals surface area contributed by atoms with E-state index in [2.05, 4.69) is 33.2 Å². The van der Waals surface area contributed by atoms with Gasteiger partial charge in [0.1, 0.15) is 6.07 Å². The Kier molecular flexibility index (Phi) is 2.74. The zero-order valence-electron chi connectivity index (χ0n) is 13.6. The zero-order valence-corrected chi connectivity index (χ0v) is 13.6. The lowest BCUT2D eigenvalue weighted by molar-refractivity contribution is 1.10. The van der Waals surface area contributed by atoms with E-state index in [1.165, 1.54) is 0 Å². The van der Waals surface area contributed by atoms with Crippen LogP contribution >= 0.6 is 0 Å². The van der Waals surface area contributed by atoms with Crippen LogP contribution in [0.25, 0.3) is 33.5 Å². The van der Waals surface area contributed by atoms with Crippen LogP contribution in [0.3, 0.4) is 0 Å². The van der Waals surface area contributed by atoms with E-state index in [9.17, 15) is 5.26 Å². The van der Waals surface area contributed by atoms with Crippen molar-refractivity contribution in [2.45, 2.75) is 6.92 Å². The summed E-state index contributed by atoms with van der Waals surface area (Å²) in [6, 6.07) is 24.6. The molecule has 0 radical (unpaired) electrons. The fourth-order valence-corrected chi connectivity index (χ4v) is 3.57. The Hall–Kier alpha value is -3.58. The van der Waals surface area contributed by atoms with Gasteiger partial charge in [0.25, 0.3) is 0 Å². The number of hydrogen-bond donors (Lipinski definition) is 0. The highest BCUT2D eigenvalue weighted by atomic mass is 15.2. The Morgan fingerprint density at radius 1 is 0.840 bits per heavy atom. The van der Waals surface area contributed by atoms with Crippen LogP contribution in [0, 0.1) is 18.3 Å². The van der Waals surface area contributed by atoms with Gasteiger partial charge < -0.3 is 0 Å². The van der Waals surface area contributed by atoms with Crippen LogP contribution in [-0.4, -0.2) is 14.0 Å². The van der Waals surface area contributed by atoms with Gasteiger partial charge in [-0.15, -0.1) is 0 Å². The molecule has 0 spiro atoms. The van der Waals surface area contributed by atoms with E-state index in [1.807, 2.05) is 55.5 Å². The molecule has 0 saturated heterocycles. The number of para-hydroxylation sites is 4. The molecule has 4 nitrogen and oxygen atoms in total. The normalized spacial score (nSPS) is 11.4. The van der Waals surface area contributed by atoms with Crippen LogP contribution in [-0.2, 0) is 0 Å². The van der Waals surface area contributed by atoms with Gasteiger partial charge in [0.05, 0.1) is 33.3 Å². The summed E-state index contributed by atoms with van der Waals surface area (Å²) in [6.07, 6.45) is 0. The van der Waals surface area contributed by atoms with Gasteiger partial charge in [0.15, 0.2) is 0 Å². The first-order valence-electron chi connectivity index (χ1n) is 8.16. The van der Waals surface area contributed by atoms with Crippen LogP contribution in [0.5, 0.6) is 0 Å². The average Bonchev–Trinajstić information content (AvgIpc) is 3.16. The molecule has 0 aliphatic rings. The molecule has 5 aromatic rings. The molecule has 0 N–H and O–H groups in total. The standard InChI is InChI=1S/C21H14N4/c1-14-7-6-12-17(15(14)13-22)24-19-10-4-5-11-20(19)25-18-9-3-2-8-16(18)23-21(24)25/h2-12H,1H3. The van der Waals surface area contributed by atoms with Gasteiger partial charge in [0.2, 0.25) is 5.78 Å². The number of rotatable bonds is 1. The molecule has 4 heteroatoms. The van der Waals surface area contributed by atoms with Crippen molar-refractivity contribution in [2.24, 2.45) is 0 Å². The second kappa shape index (κ2) is 4.96. The second-order valence-electron chi connectivity index (χ2n) is 6.14. The molecule has 2 heterocycles. The molecule has 0 amide bonds. The first kappa shape index (κ1) is 13.8. The third kappa shape index (κ3) is 1.78. The second-order valence-corrected chi connectivity index (χ2v) is 6.14. The molecule has 0 bridgehead atoms. The van der Waals surface area contributed by atoms with Gasteiger partial charge in [0, 0.05) is 0 Å². The van der Waals surface area contributed by atoms with Gasteiger partial charge in [-0.3, -0.25) is 8.97 Å². The molecule has 2 aromatic heterocycles. The minimum absolute atomic E-state index is 0.679. The van der Waals surface area contributed by atoms with Crippen LogP contribution < -0.4 is 0 Å². The van der Waals surface area contributed by atoms with Crippen molar-refractivity contribution >= 4 is 27.8 Å². The quantitative estimate of drug-likeness (QED) is 0.452. The van der Waals surface area contributed by atoms with Crippen LogP contribution in [0.2, 0.25) is 0 Å². The van der Waals surface area contributed by atoms with Crippen LogP contribution in [0.15, 0.2) is 66.7 Å². The summed E-state index contributed by atoms with van der Waals surface area (Å²) in [7, 11) is 0. The van der Waals surface area contributed by atoms with Crippen LogP contribution in [0.1, 0.15) is 11.1 Å². The average molecular weight is 322 g/mol. The number of imidazole rings is 2. The van der Waals surface area contributed by atoms with Gasteiger partial charge in [-0.1, -0.05) is 36.4 Å². The molecule has 5 rings (SSSR count). The number of aromatic nitrogens is 3. The van der Waals surface area contributed by atoms with E-state index in [4.69, 9.17) is 4.98 Å². The predicted molar refractivity (Wildman–Crippen MR) is 99.0 cm³/mol. The number of fused-ring (bicyclic) bond motifs is 5. The molecule has 25 heavy (non-hydrogen) atoms. The Bertz CT molecular complexity index is 1310.